The molecule has 1 nitrogen and oxygen atoms in total. The van der Waals surface area contributed by atoms with Gasteiger partial charge in [0.15, 0.2) is 0 Å². The molecule has 0 spiro atoms. The Morgan fingerprint density at radius 2 is 0.797 bits per heavy atom. The lowest BCUT2D eigenvalue weighted by Gasteiger charge is -2.19. The summed E-state index contributed by atoms with van der Waals surface area (Å²) in [4.78, 5) is 0. The molecule has 0 heterocycles. The Bertz CT molecular complexity index is 4240. The fourth-order valence-electron chi connectivity index (χ4n) is 12.7. The van der Waals surface area contributed by atoms with Crippen molar-refractivity contribution >= 4 is 113 Å². The van der Waals surface area contributed by atoms with Crippen LogP contribution in [0.25, 0.3) is 152 Å². The van der Waals surface area contributed by atoms with Gasteiger partial charge in [-0.25, -0.2) is 0 Å². The fraction of sp³-hybridized carbons (Fsp3) is 0.0794. The van der Waals surface area contributed by atoms with Crippen molar-refractivity contribution in [1.82, 2.24) is 0 Å². The van der Waals surface area contributed by atoms with Gasteiger partial charge in [-0.2, -0.15) is 0 Å². The molecule has 0 amide bonds. The standard InChI is InChI=1S/C63H41N/c1-2-3-12-32-64-37-22-23-40-42-24-25-43-45-28-30-49-60-50(31-29-46(59(45)60)44-26-27-47(51(40)33-37)57(42)58(43)44)63-55(36-16-8-5-9-17-36)61-48-21-13-20-41-38-18-10-11-19-39(38)52(56(41)48)34-53(61)54(62(49)63)35-14-6-4-7-15-35/h4-11,13-31,33-34,64H,2-3,12,32H2,1H3. The first-order valence-electron chi connectivity index (χ1n) is 23.2. The maximum atomic E-state index is 3.72. The molecule has 0 aromatic heterocycles. The lowest BCUT2D eigenvalue weighted by Crippen LogP contribution is -2.01. The maximum Gasteiger partial charge on any atom is 0.0346 e. The van der Waals surface area contributed by atoms with Crippen molar-refractivity contribution in [3.8, 4) is 44.5 Å². The van der Waals surface area contributed by atoms with E-state index >= 15 is 0 Å². The van der Waals surface area contributed by atoms with Gasteiger partial charge in [0.05, 0.1) is 0 Å². The highest BCUT2D eigenvalue weighted by molar-refractivity contribution is 6.49. The topological polar surface area (TPSA) is 12.0 Å². The Hall–Kier alpha value is -7.74. The lowest BCUT2D eigenvalue weighted by molar-refractivity contribution is 0.744. The summed E-state index contributed by atoms with van der Waals surface area (Å²) in [5.74, 6) is 0. The summed E-state index contributed by atoms with van der Waals surface area (Å²) in [5.41, 5.74) is 11.8. The van der Waals surface area contributed by atoms with Gasteiger partial charge in [0.1, 0.15) is 0 Å². The molecule has 15 rings (SSSR count). The average Bonchev–Trinajstić information content (AvgIpc) is 3.98. The van der Waals surface area contributed by atoms with Crippen molar-refractivity contribution in [2.45, 2.75) is 26.2 Å². The van der Waals surface area contributed by atoms with Crippen molar-refractivity contribution in [3.05, 3.63) is 176 Å². The number of unbranched alkanes of at least 4 members (excludes halogenated alkanes) is 2. The van der Waals surface area contributed by atoms with Gasteiger partial charge in [0.25, 0.3) is 0 Å². The highest BCUT2D eigenvalue weighted by Crippen LogP contribution is 2.58. The van der Waals surface area contributed by atoms with E-state index in [0.29, 0.717) is 0 Å². The fourth-order valence-corrected chi connectivity index (χ4v) is 12.7. The summed E-state index contributed by atoms with van der Waals surface area (Å²) in [6.07, 6.45) is 3.68. The van der Waals surface area contributed by atoms with Crippen LogP contribution >= 0.6 is 0 Å². The van der Waals surface area contributed by atoms with E-state index in [1.165, 1.54) is 177 Å². The summed E-state index contributed by atoms with van der Waals surface area (Å²) in [6.45, 7) is 3.28. The van der Waals surface area contributed by atoms with Crippen molar-refractivity contribution < 1.29 is 0 Å². The average molecular weight is 812 g/mol. The summed E-state index contributed by atoms with van der Waals surface area (Å²) in [6, 6.07) is 67.5. The molecule has 1 N–H and O–H groups in total. The number of benzene rings is 12. The van der Waals surface area contributed by atoms with Crippen LogP contribution in [0.2, 0.25) is 0 Å². The number of nitrogens with one attached hydrogen (secondary N) is 1. The van der Waals surface area contributed by atoms with E-state index in [1.54, 1.807) is 0 Å². The van der Waals surface area contributed by atoms with Crippen LogP contribution in [-0.2, 0) is 0 Å². The summed E-state index contributed by atoms with van der Waals surface area (Å²) in [7, 11) is 0. The van der Waals surface area contributed by atoms with Gasteiger partial charge in [0.2, 0.25) is 0 Å². The van der Waals surface area contributed by atoms with Crippen LogP contribution in [0.5, 0.6) is 0 Å². The van der Waals surface area contributed by atoms with E-state index in [4.69, 9.17) is 0 Å². The van der Waals surface area contributed by atoms with Crippen molar-refractivity contribution in [1.29, 1.82) is 0 Å². The second-order valence-electron chi connectivity index (χ2n) is 18.4. The molecule has 0 saturated heterocycles. The zero-order valence-corrected chi connectivity index (χ0v) is 35.6. The first kappa shape index (κ1) is 34.8. The second kappa shape index (κ2) is 12.7. The van der Waals surface area contributed by atoms with E-state index in [2.05, 4.69) is 188 Å². The van der Waals surface area contributed by atoms with Gasteiger partial charge in [-0.3, -0.25) is 0 Å². The number of fused-ring (bicyclic) bond motifs is 13. The van der Waals surface area contributed by atoms with Crippen LogP contribution in [0.3, 0.4) is 0 Å². The quantitative estimate of drug-likeness (QED) is 0.0960. The molecule has 1 aliphatic carbocycles. The van der Waals surface area contributed by atoms with Gasteiger partial charge >= 0.3 is 0 Å². The third kappa shape index (κ3) is 4.34. The third-order valence-corrected chi connectivity index (χ3v) is 15.2. The zero-order valence-electron chi connectivity index (χ0n) is 35.6. The molecule has 298 valence electrons. The van der Waals surface area contributed by atoms with Crippen LogP contribution in [-0.4, -0.2) is 6.54 Å². The van der Waals surface area contributed by atoms with E-state index in [1.807, 2.05) is 0 Å². The minimum absolute atomic E-state index is 1.01. The molecule has 14 aromatic rings. The SMILES string of the molecule is CCCCCNc1ccc2c(c1)-c1ccc3c4ccc5c6c(-c7ccccc7)c7c(cc8c9ccccc9c9cccc7c98)c(-c7ccccc7)c6c6ccc(c7ccc-2c1c73)c4c65. The number of anilines is 1. The molecule has 0 bridgehead atoms. The molecule has 0 atom stereocenters. The molecule has 0 unspecified atom stereocenters. The van der Waals surface area contributed by atoms with Crippen molar-refractivity contribution in [2.24, 2.45) is 0 Å². The number of hydrogen-bond acceptors (Lipinski definition) is 1. The minimum atomic E-state index is 1.01. The molecule has 1 heteroatoms. The molecule has 0 radical (unpaired) electrons. The van der Waals surface area contributed by atoms with Crippen LogP contribution < -0.4 is 5.32 Å². The largest absolute Gasteiger partial charge is 0.385 e. The van der Waals surface area contributed by atoms with Crippen LogP contribution in [0.1, 0.15) is 26.2 Å². The Balaban J connectivity index is 1.10. The normalized spacial score (nSPS) is 12.7. The van der Waals surface area contributed by atoms with Gasteiger partial charge in [0, 0.05) is 12.2 Å². The van der Waals surface area contributed by atoms with E-state index in [-0.39, 0.29) is 0 Å². The molecule has 0 saturated carbocycles. The highest BCUT2D eigenvalue weighted by atomic mass is 14.9. The van der Waals surface area contributed by atoms with Gasteiger partial charge in [-0.15, -0.1) is 0 Å². The smallest absolute Gasteiger partial charge is 0.0346 e. The van der Waals surface area contributed by atoms with Crippen LogP contribution in [0.4, 0.5) is 5.69 Å². The maximum absolute atomic E-state index is 3.72. The summed E-state index contributed by atoms with van der Waals surface area (Å²) in [5, 5.41) is 30.6. The van der Waals surface area contributed by atoms with E-state index in [0.717, 1.165) is 6.54 Å². The molecular weight excluding hydrogens is 771 g/mol. The summed E-state index contributed by atoms with van der Waals surface area (Å²) >= 11 is 0. The Morgan fingerprint density at radius 1 is 0.297 bits per heavy atom. The number of rotatable bonds is 7. The molecule has 0 aliphatic heterocycles. The summed E-state index contributed by atoms with van der Waals surface area (Å²) < 4.78 is 0. The van der Waals surface area contributed by atoms with E-state index in [9.17, 15) is 0 Å². The predicted molar refractivity (Wildman–Crippen MR) is 278 cm³/mol. The third-order valence-electron chi connectivity index (χ3n) is 15.2. The Labute approximate surface area is 370 Å². The molecule has 1 aliphatic rings. The second-order valence-corrected chi connectivity index (χ2v) is 18.4. The van der Waals surface area contributed by atoms with E-state index < -0.39 is 0 Å². The molecule has 14 aromatic carbocycles. The van der Waals surface area contributed by atoms with Crippen molar-refractivity contribution in [3.63, 3.8) is 0 Å². The first-order valence-corrected chi connectivity index (χ1v) is 23.2. The van der Waals surface area contributed by atoms with Gasteiger partial charge in [-0.1, -0.05) is 177 Å². The lowest BCUT2D eigenvalue weighted by atomic mass is 9.84. The van der Waals surface area contributed by atoms with Gasteiger partial charge < -0.3 is 5.32 Å². The molecular formula is C63H41N. The first-order chi connectivity index (χ1) is 31.8. The monoisotopic (exact) mass is 811 g/mol. The molecule has 64 heavy (non-hydrogen) atoms. The van der Waals surface area contributed by atoms with Crippen molar-refractivity contribution in [2.75, 3.05) is 11.9 Å². The van der Waals surface area contributed by atoms with Crippen LogP contribution in [0.15, 0.2) is 176 Å². The zero-order chi connectivity index (χ0) is 41.8. The highest BCUT2D eigenvalue weighted by Gasteiger charge is 2.29. The number of hydrogen-bond donors (Lipinski definition) is 1. The molecule has 0 fully saturated rings. The van der Waals surface area contributed by atoms with Crippen LogP contribution in [0, 0.1) is 0 Å². The predicted octanol–water partition coefficient (Wildman–Crippen LogP) is 18.1. The Kier molecular flexibility index (Phi) is 6.90. The van der Waals surface area contributed by atoms with Gasteiger partial charge in [-0.05, 0) is 177 Å². The minimum Gasteiger partial charge on any atom is -0.385 e. The Morgan fingerprint density at radius 3 is 1.50 bits per heavy atom.